The topological polar surface area (TPSA) is 77.8 Å². The summed E-state index contributed by atoms with van der Waals surface area (Å²) < 4.78 is 0. The molecule has 1 aromatic rings. The lowest BCUT2D eigenvalue weighted by Crippen LogP contribution is -2.37. The molecule has 0 radical (unpaired) electrons. The summed E-state index contributed by atoms with van der Waals surface area (Å²) in [5.74, 6) is -1.11. The number of hydrogen-bond donors (Lipinski definition) is 2. The Morgan fingerprint density at radius 1 is 1.53 bits per heavy atom. The third-order valence-corrected chi connectivity index (χ3v) is 4.00. The van der Waals surface area contributed by atoms with Gasteiger partial charge in [-0.25, -0.2) is 4.79 Å². The Hall–Kier alpha value is -1.66. The molecule has 1 fully saturated rings. The number of amides is 1. The Balaban J connectivity index is 2.09. The van der Waals surface area contributed by atoms with Crippen molar-refractivity contribution in [3.8, 4) is 0 Å². The molecule has 1 atom stereocenters. The summed E-state index contributed by atoms with van der Waals surface area (Å²) in [5, 5.41) is 19.5. The van der Waals surface area contributed by atoms with Crippen LogP contribution in [0, 0.1) is 0 Å². The predicted molar refractivity (Wildman–Crippen MR) is 72.1 cm³/mol. The third kappa shape index (κ3) is 3.21. The molecule has 2 N–H and O–H groups in total. The molecular formula is C13H15NO4S. The zero-order valence-corrected chi connectivity index (χ0v) is 11.1. The molecule has 0 bridgehead atoms. The van der Waals surface area contributed by atoms with E-state index >= 15 is 0 Å². The van der Waals surface area contributed by atoms with E-state index in [9.17, 15) is 14.7 Å². The van der Waals surface area contributed by atoms with Gasteiger partial charge in [-0.05, 0) is 25.0 Å². The Labute approximate surface area is 114 Å². The fraction of sp³-hybridized carbons (Fsp3) is 0.385. The van der Waals surface area contributed by atoms with Gasteiger partial charge in [0.1, 0.15) is 0 Å². The smallest absolute Gasteiger partial charge is 0.328 e. The number of likely N-dealkylation sites (tertiary alicyclic amines) is 1. The quantitative estimate of drug-likeness (QED) is 0.819. The van der Waals surface area contributed by atoms with E-state index in [4.69, 9.17) is 5.11 Å². The monoisotopic (exact) mass is 281 g/mol. The third-order valence-electron chi connectivity index (χ3n) is 3.11. The van der Waals surface area contributed by atoms with E-state index in [1.54, 1.807) is 16.3 Å². The summed E-state index contributed by atoms with van der Waals surface area (Å²) in [6, 6.07) is 1.59. The Bertz CT molecular complexity index is 508. The van der Waals surface area contributed by atoms with Crippen molar-refractivity contribution in [2.45, 2.75) is 18.9 Å². The first-order chi connectivity index (χ1) is 9.11. The van der Waals surface area contributed by atoms with Crippen LogP contribution in [-0.2, 0) is 4.79 Å². The average Bonchev–Trinajstić information content (AvgIpc) is 3.04. The molecule has 1 unspecified atom stereocenters. The maximum absolute atomic E-state index is 12.2. The van der Waals surface area contributed by atoms with Crippen molar-refractivity contribution in [2.24, 2.45) is 0 Å². The van der Waals surface area contributed by atoms with Crippen molar-refractivity contribution >= 4 is 29.3 Å². The summed E-state index contributed by atoms with van der Waals surface area (Å²) in [4.78, 5) is 25.1. The minimum atomic E-state index is -1.01. The minimum absolute atomic E-state index is 0.0123. The summed E-state index contributed by atoms with van der Waals surface area (Å²) in [7, 11) is 0. The van der Waals surface area contributed by atoms with Crippen LogP contribution in [0.5, 0.6) is 0 Å². The molecule has 0 spiro atoms. The van der Waals surface area contributed by atoms with Crippen molar-refractivity contribution in [1.82, 2.24) is 4.90 Å². The van der Waals surface area contributed by atoms with Gasteiger partial charge in [0.05, 0.1) is 18.2 Å². The van der Waals surface area contributed by atoms with Crippen LogP contribution in [0.1, 0.15) is 28.1 Å². The largest absolute Gasteiger partial charge is 0.478 e. The normalized spacial score (nSPS) is 19.2. The van der Waals surface area contributed by atoms with Crippen LogP contribution < -0.4 is 0 Å². The van der Waals surface area contributed by atoms with Crippen molar-refractivity contribution < 1.29 is 19.8 Å². The lowest BCUT2D eigenvalue weighted by atomic mass is 10.2. The highest BCUT2D eigenvalue weighted by Gasteiger charge is 2.29. The standard InChI is InChI=1S/C13H15NO4S/c15-7-10-2-1-5-14(10)13(18)9-6-11(19-8-9)3-4-12(16)17/h3-4,6,8,10,15H,1-2,5,7H2,(H,16,17). The van der Waals surface area contributed by atoms with Gasteiger partial charge in [-0.3, -0.25) is 4.79 Å². The SMILES string of the molecule is O=C(O)C=Cc1cc(C(=O)N2CCCC2CO)cs1. The number of thiophene rings is 1. The van der Waals surface area contributed by atoms with Crippen molar-refractivity contribution in [1.29, 1.82) is 0 Å². The molecule has 102 valence electrons. The van der Waals surface area contributed by atoms with E-state index in [0.717, 1.165) is 23.8 Å². The maximum Gasteiger partial charge on any atom is 0.328 e. The van der Waals surface area contributed by atoms with Gasteiger partial charge in [-0.2, -0.15) is 0 Å². The maximum atomic E-state index is 12.2. The molecule has 1 saturated heterocycles. The molecule has 1 amide bonds. The Kier molecular flexibility index (Phi) is 4.34. The number of nitrogens with zero attached hydrogens (tertiary/aromatic N) is 1. The van der Waals surface area contributed by atoms with E-state index in [2.05, 4.69) is 0 Å². The Morgan fingerprint density at radius 3 is 3.00 bits per heavy atom. The molecular weight excluding hydrogens is 266 g/mol. The fourth-order valence-corrected chi connectivity index (χ4v) is 2.94. The van der Waals surface area contributed by atoms with Crippen molar-refractivity contribution in [2.75, 3.05) is 13.2 Å². The second kappa shape index (κ2) is 5.99. The minimum Gasteiger partial charge on any atom is -0.478 e. The molecule has 6 heteroatoms. The van der Waals surface area contributed by atoms with Gasteiger partial charge in [0.15, 0.2) is 0 Å². The molecule has 0 aliphatic carbocycles. The van der Waals surface area contributed by atoms with E-state index in [1.807, 2.05) is 0 Å². The first kappa shape index (κ1) is 13.8. The van der Waals surface area contributed by atoms with Crippen LogP contribution >= 0.6 is 11.3 Å². The van der Waals surface area contributed by atoms with Crippen LogP contribution in [0.3, 0.4) is 0 Å². The van der Waals surface area contributed by atoms with E-state index in [0.29, 0.717) is 12.1 Å². The van der Waals surface area contributed by atoms with Gasteiger partial charge < -0.3 is 15.1 Å². The van der Waals surface area contributed by atoms with Crippen LogP contribution in [0.15, 0.2) is 17.5 Å². The number of aliphatic hydroxyl groups is 1. The molecule has 2 heterocycles. The van der Waals surface area contributed by atoms with E-state index in [-0.39, 0.29) is 18.6 Å². The number of hydrogen-bond acceptors (Lipinski definition) is 4. The molecule has 2 rings (SSSR count). The van der Waals surface area contributed by atoms with Crippen LogP contribution in [0.4, 0.5) is 0 Å². The predicted octanol–water partition coefficient (Wildman–Crippen LogP) is 1.44. The second-order valence-electron chi connectivity index (χ2n) is 4.39. The highest BCUT2D eigenvalue weighted by molar-refractivity contribution is 7.11. The number of carbonyl (C=O) groups is 2. The number of carbonyl (C=O) groups excluding carboxylic acids is 1. The summed E-state index contributed by atoms with van der Waals surface area (Å²) >= 11 is 1.33. The fourth-order valence-electron chi connectivity index (χ4n) is 2.16. The van der Waals surface area contributed by atoms with Gasteiger partial charge in [0, 0.05) is 22.9 Å². The van der Waals surface area contributed by atoms with Gasteiger partial charge in [-0.1, -0.05) is 0 Å². The van der Waals surface area contributed by atoms with Gasteiger partial charge in [0.2, 0.25) is 0 Å². The highest BCUT2D eigenvalue weighted by Crippen LogP contribution is 2.23. The summed E-state index contributed by atoms with van der Waals surface area (Å²) in [6.07, 6.45) is 4.26. The highest BCUT2D eigenvalue weighted by atomic mass is 32.1. The Morgan fingerprint density at radius 2 is 2.32 bits per heavy atom. The number of carboxylic acids is 1. The molecule has 0 saturated carbocycles. The summed E-state index contributed by atoms with van der Waals surface area (Å²) in [5.41, 5.74) is 0.551. The molecule has 1 aromatic heterocycles. The van der Waals surface area contributed by atoms with Crippen LogP contribution in [0.2, 0.25) is 0 Å². The second-order valence-corrected chi connectivity index (χ2v) is 5.33. The lowest BCUT2D eigenvalue weighted by molar-refractivity contribution is -0.131. The zero-order valence-electron chi connectivity index (χ0n) is 10.3. The number of aliphatic hydroxyl groups excluding tert-OH is 1. The molecule has 5 nitrogen and oxygen atoms in total. The molecule has 0 aromatic carbocycles. The first-order valence-corrected chi connectivity index (χ1v) is 6.91. The number of rotatable bonds is 4. The average molecular weight is 281 g/mol. The summed E-state index contributed by atoms with van der Waals surface area (Å²) in [6.45, 7) is 0.655. The van der Waals surface area contributed by atoms with Gasteiger partial charge in [-0.15, -0.1) is 11.3 Å². The van der Waals surface area contributed by atoms with Gasteiger partial charge in [0.25, 0.3) is 5.91 Å². The van der Waals surface area contributed by atoms with Crippen LogP contribution in [-0.4, -0.2) is 46.2 Å². The van der Waals surface area contributed by atoms with Crippen molar-refractivity contribution in [3.63, 3.8) is 0 Å². The molecule has 1 aliphatic heterocycles. The van der Waals surface area contributed by atoms with Crippen molar-refractivity contribution in [3.05, 3.63) is 28.0 Å². The zero-order chi connectivity index (χ0) is 13.8. The number of aliphatic carboxylic acids is 1. The lowest BCUT2D eigenvalue weighted by Gasteiger charge is -2.22. The number of carboxylic acid groups (broad SMARTS) is 1. The molecule has 1 aliphatic rings. The van der Waals surface area contributed by atoms with E-state index in [1.165, 1.54) is 17.4 Å². The first-order valence-electron chi connectivity index (χ1n) is 6.03. The van der Waals surface area contributed by atoms with E-state index < -0.39 is 5.97 Å². The molecule has 19 heavy (non-hydrogen) atoms. The van der Waals surface area contributed by atoms with Crippen LogP contribution in [0.25, 0.3) is 6.08 Å². The van der Waals surface area contributed by atoms with Gasteiger partial charge >= 0.3 is 5.97 Å².